The van der Waals surface area contributed by atoms with E-state index in [2.05, 4.69) is 84.1 Å². The van der Waals surface area contributed by atoms with E-state index in [0.717, 1.165) is 6.92 Å². The predicted molar refractivity (Wildman–Crippen MR) is 434 cm³/mol. The number of hydrogen-bond donors (Lipinski definition) is 22. The molecular formula is C77H109N21O19S. The highest BCUT2D eigenvalue weighted by Crippen LogP contribution is 2.23. The van der Waals surface area contributed by atoms with Gasteiger partial charge in [0.15, 0.2) is 5.96 Å². The van der Waals surface area contributed by atoms with Crippen LogP contribution in [0.5, 0.6) is 5.75 Å². The number of benzene rings is 3. The van der Waals surface area contributed by atoms with Gasteiger partial charge in [-0.2, -0.15) is 11.8 Å². The van der Waals surface area contributed by atoms with Crippen molar-refractivity contribution in [3.8, 4) is 5.75 Å². The van der Waals surface area contributed by atoms with E-state index in [1.165, 1.54) is 53.5 Å². The summed E-state index contributed by atoms with van der Waals surface area (Å²) in [6.07, 6.45) is 4.60. The number of aromatic hydroxyl groups is 1. The number of thioether (sulfide) groups is 1. The molecule has 14 amide bonds. The van der Waals surface area contributed by atoms with E-state index in [-0.39, 0.29) is 94.8 Å². The van der Waals surface area contributed by atoms with Gasteiger partial charge < -0.3 is 117 Å². The van der Waals surface area contributed by atoms with Crippen LogP contribution in [0.3, 0.4) is 0 Å². The molecular weight excluding hydrogens is 1560 g/mol. The van der Waals surface area contributed by atoms with Gasteiger partial charge in [-0.3, -0.25) is 82.3 Å². The first kappa shape index (κ1) is 94.7. The number of carboxylic acid groups (broad SMARTS) is 1. The molecule has 3 heterocycles. The van der Waals surface area contributed by atoms with Crippen molar-refractivity contribution in [1.82, 2.24) is 79.0 Å². The number of carbonyl (C=O) groups excluding carboxylic acids is 14. The maximum Gasteiger partial charge on any atom is 0.303 e. The molecule has 642 valence electrons. The zero-order chi connectivity index (χ0) is 86.5. The fourth-order valence-electron chi connectivity index (χ4n) is 13.0. The van der Waals surface area contributed by atoms with Crippen LogP contribution in [0.2, 0.25) is 0 Å². The Balaban J connectivity index is 1.25. The fraction of sp³-hybridized carbons (Fsp3) is 0.506. The van der Waals surface area contributed by atoms with E-state index in [9.17, 15) is 78.0 Å². The van der Waals surface area contributed by atoms with Crippen LogP contribution in [0.1, 0.15) is 108 Å². The Morgan fingerprint density at radius 2 is 1.12 bits per heavy atom. The predicted octanol–water partition coefficient (Wildman–Crippen LogP) is -4.63. The molecule has 1 fully saturated rings. The summed E-state index contributed by atoms with van der Waals surface area (Å²) in [7, 11) is 0. The van der Waals surface area contributed by atoms with Crippen molar-refractivity contribution < 1.29 is 92.3 Å². The summed E-state index contributed by atoms with van der Waals surface area (Å²) in [5.41, 5.74) is 19.1. The molecule has 1 aromatic heterocycles. The molecule has 1 saturated heterocycles. The Morgan fingerprint density at radius 1 is 0.593 bits per heavy atom. The molecule has 6 rings (SSSR count). The van der Waals surface area contributed by atoms with Crippen LogP contribution < -0.4 is 86.3 Å². The summed E-state index contributed by atoms with van der Waals surface area (Å²) in [5.74, 6) is -15.0. The van der Waals surface area contributed by atoms with Gasteiger partial charge in [-0.05, 0) is 117 Å². The third kappa shape index (κ3) is 30.8. The van der Waals surface area contributed by atoms with Crippen LogP contribution in [-0.2, 0) is 91.2 Å². The number of aromatic nitrogens is 1. The number of amides is 14. The van der Waals surface area contributed by atoms with Crippen LogP contribution in [0.15, 0.2) is 95.0 Å². The Labute approximate surface area is 684 Å². The van der Waals surface area contributed by atoms with Crippen molar-refractivity contribution in [1.29, 1.82) is 5.41 Å². The number of aliphatic imine (C=N–C) groups is 2. The van der Waals surface area contributed by atoms with Crippen molar-refractivity contribution in [2.75, 3.05) is 51.4 Å². The standard InChI is InChI=1S/C77H109N21O19S/c1-42(2)64(65(79)106)97-75(116)61-20-13-30-98(61)76(117)54(18-10-11-28-78)88-62(103)38-85-66(107)57(34-46-36-84-50-17-9-8-16-49(46)50)94-67(108)51(19-12-29-83-77(80)81)89-70(111)55(32-44-14-6-5-7-15-44)92-72(113)58(35-47-37-82-41-86-47)95-68(109)52(25-26-63(104)105)90-69(110)53(27-31-118-4)91-74(115)60(40-100)96-71(112)56(33-45-21-23-48(102)24-22-45)93-73(114)59(39-99)87-43(3)101/h5-9,14-17,21-24,36-37,41-42,47,51-61,64,84,99-100,102H,10-13,18-20,25-35,38-40,78H2,1-4H3,(H2,79,106)(H,85,107)(H,87,101)(H,88,103)(H,89,111)(H,90,110)(H,91,115)(H,92,113)(H,93,114)(H,94,108)(H,95,109)(H,96,112)(H,97,116)(H,104,105)(H4,80,81,83)/t47?,51-,52-,53-,54-,55-,56-,57-,58-,59-,60-,61-,64-/m0/s1. The lowest BCUT2D eigenvalue weighted by Crippen LogP contribution is -2.61. The monoisotopic (exact) mass is 1660 g/mol. The first-order chi connectivity index (χ1) is 56.3. The number of nitrogens with zero attached hydrogens (tertiary/aromatic N) is 3. The maximum absolute atomic E-state index is 15.2. The van der Waals surface area contributed by atoms with E-state index in [4.69, 9.17) is 22.6 Å². The Kier molecular flexibility index (Phi) is 38.9. The van der Waals surface area contributed by atoms with Gasteiger partial charge in [0.1, 0.15) is 84.6 Å². The highest BCUT2D eigenvalue weighted by molar-refractivity contribution is 7.98. The molecule has 0 spiro atoms. The van der Waals surface area contributed by atoms with Gasteiger partial charge in [-0.1, -0.05) is 74.5 Å². The normalized spacial score (nSPS) is 16.3. The number of nitrogens with two attached hydrogens (primary N) is 3. The first-order valence-corrected chi connectivity index (χ1v) is 40.0. The third-order valence-electron chi connectivity index (χ3n) is 19.3. The molecule has 0 aliphatic carbocycles. The number of primary amides is 1. The number of rotatable bonds is 50. The number of carboxylic acids is 1. The minimum atomic E-state index is -1.84. The average Bonchev–Trinajstić information content (AvgIpc) is 1.64. The van der Waals surface area contributed by atoms with Crippen molar-refractivity contribution in [3.63, 3.8) is 0 Å². The molecule has 13 atom stereocenters. The van der Waals surface area contributed by atoms with E-state index < -0.39 is 206 Å². The minimum Gasteiger partial charge on any atom is -0.508 e. The number of nitrogens with one attached hydrogen (secondary N) is 15. The molecule has 2 aliphatic heterocycles. The van der Waals surface area contributed by atoms with Crippen molar-refractivity contribution in [2.24, 2.45) is 33.1 Å². The maximum atomic E-state index is 15.2. The number of guanidine groups is 1. The van der Waals surface area contributed by atoms with E-state index in [0.29, 0.717) is 46.9 Å². The molecule has 0 bridgehead atoms. The van der Waals surface area contributed by atoms with Gasteiger partial charge >= 0.3 is 5.97 Å². The summed E-state index contributed by atoms with van der Waals surface area (Å²) >= 11 is 1.23. The zero-order valence-corrected chi connectivity index (χ0v) is 66.9. The van der Waals surface area contributed by atoms with Crippen LogP contribution in [-0.4, -0.2) is 267 Å². The largest absolute Gasteiger partial charge is 0.508 e. The van der Waals surface area contributed by atoms with Gasteiger partial charge in [0.25, 0.3) is 0 Å². The third-order valence-corrected chi connectivity index (χ3v) is 19.9. The van der Waals surface area contributed by atoms with Gasteiger partial charge in [-0.25, -0.2) is 4.99 Å². The van der Waals surface area contributed by atoms with Gasteiger partial charge in [0, 0.05) is 75.4 Å². The molecule has 25 N–H and O–H groups in total. The number of likely N-dealkylation sites (tertiary alicyclic amines) is 1. The summed E-state index contributed by atoms with van der Waals surface area (Å²) in [6.45, 7) is 2.19. The Hall–Kier alpha value is -12.1. The second-order valence-corrected chi connectivity index (χ2v) is 29.7. The summed E-state index contributed by atoms with van der Waals surface area (Å²) < 4.78 is 0. The fourth-order valence-corrected chi connectivity index (χ4v) is 13.5. The molecule has 40 nitrogen and oxygen atoms in total. The highest BCUT2D eigenvalue weighted by atomic mass is 32.2. The lowest BCUT2D eigenvalue weighted by atomic mass is 10.0. The minimum absolute atomic E-state index is 0.00555. The summed E-state index contributed by atoms with van der Waals surface area (Å²) in [4.78, 5) is 222. The van der Waals surface area contributed by atoms with Crippen molar-refractivity contribution >= 4 is 130 Å². The van der Waals surface area contributed by atoms with Crippen LogP contribution >= 0.6 is 11.8 Å². The highest BCUT2D eigenvalue weighted by Gasteiger charge is 2.41. The lowest BCUT2D eigenvalue weighted by Gasteiger charge is -2.30. The lowest BCUT2D eigenvalue weighted by molar-refractivity contribution is -0.142. The molecule has 3 aromatic carbocycles. The number of hydrogen-bond acceptors (Lipinski definition) is 23. The van der Waals surface area contributed by atoms with Gasteiger partial charge in [-0.15, -0.1) is 0 Å². The molecule has 4 aromatic rings. The summed E-state index contributed by atoms with van der Waals surface area (Å²) in [6, 6.07) is 2.03. The quantitative estimate of drug-likeness (QED) is 0.0112. The molecule has 2 aliphatic rings. The topological polar surface area (TPSA) is 639 Å². The molecule has 41 heteroatoms. The Morgan fingerprint density at radius 3 is 1.68 bits per heavy atom. The second-order valence-electron chi connectivity index (χ2n) is 28.7. The number of phenolic OH excluding ortho intramolecular Hbond substituents is 1. The first-order valence-electron chi connectivity index (χ1n) is 38.6. The molecule has 118 heavy (non-hydrogen) atoms. The second kappa shape index (κ2) is 48.4. The van der Waals surface area contributed by atoms with E-state index in [1.807, 2.05) is 0 Å². The zero-order valence-electron chi connectivity index (χ0n) is 66.1. The van der Waals surface area contributed by atoms with E-state index in [1.54, 1.807) is 80.9 Å². The average molecular weight is 1660 g/mol. The number of aromatic amines is 1. The SMILES string of the molecule is CSCC[C@H](NC(=O)[C@H](CO)NC(=O)[C@H](Cc1ccc(O)cc1)NC(=O)[C@H](CO)NC(C)=O)C(=O)N[C@@H](CCC(=O)O)C(=O)N[C@@H](CC1C=NC=N1)C(=O)N[C@@H](Cc1ccccc1)C(=O)N[C@@H](CCCNC(=N)N)C(=O)N[C@@H](Cc1c[nH]c2ccccc12)C(=O)NCC(=O)N[C@@H](CCCCN)C(=O)N1CCC[C@H]1C(=O)N[C@H](C(N)=O)C(C)C. The number of phenols is 1. The molecule has 0 saturated carbocycles. The molecule has 1 unspecified atom stereocenters. The van der Waals surface area contributed by atoms with Gasteiger partial charge in [0.2, 0.25) is 82.7 Å². The van der Waals surface area contributed by atoms with E-state index >= 15 is 14.4 Å². The van der Waals surface area contributed by atoms with Crippen LogP contribution in [0.25, 0.3) is 10.9 Å². The number of carbonyl (C=O) groups is 15. The number of aliphatic carboxylic acids is 1. The van der Waals surface area contributed by atoms with Crippen LogP contribution in [0, 0.1) is 11.3 Å². The van der Waals surface area contributed by atoms with Crippen molar-refractivity contribution in [2.45, 2.75) is 189 Å². The number of aliphatic hydroxyl groups is 2. The smallest absolute Gasteiger partial charge is 0.303 e. The van der Waals surface area contributed by atoms with Gasteiger partial charge in [0.05, 0.1) is 25.8 Å². The Bertz CT molecular complexity index is 4200. The number of fused-ring (bicyclic) bond motifs is 1. The molecule has 0 radical (unpaired) electrons. The van der Waals surface area contributed by atoms with Crippen LogP contribution in [0.4, 0.5) is 0 Å². The number of unbranched alkanes of at least 4 members (excludes halogenated alkanes) is 1. The van der Waals surface area contributed by atoms with Crippen molar-refractivity contribution in [3.05, 3.63) is 102 Å². The summed E-state index contributed by atoms with van der Waals surface area (Å²) in [5, 5.41) is 81.9. The number of H-pyrrole nitrogens is 1. The number of para-hydroxylation sites is 1. The number of aliphatic hydroxyl groups excluding tert-OH is 2.